The van der Waals surface area contributed by atoms with E-state index in [0.29, 0.717) is 17.9 Å². The molecule has 0 amide bonds. The zero-order chi connectivity index (χ0) is 16.8. The molecule has 0 aliphatic heterocycles. The first-order valence-electron chi connectivity index (χ1n) is 10.9. The largest absolute Gasteiger partial charge is 0.379 e. The van der Waals surface area contributed by atoms with Crippen LogP contribution in [0.2, 0.25) is 0 Å². The molecule has 0 atom stereocenters. The number of ether oxygens (including phenoxy) is 1. The molecule has 0 bridgehead atoms. The Morgan fingerprint density at radius 1 is 0.667 bits per heavy atom. The van der Waals surface area contributed by atoms with Gasteiger partial charge in [-0.3, -0.25) is 0 Å². The van der Waals surface area contributed by atoms with Gasteiger partial charge in [0, 0.05) is 18.4 Å². The van der Waals surface area contributed by atoms with Gasteiger partial charge >= 0.3 is 0 Å². The molecule has 0 spiro atoms. The standard InChI is InChI=1S/C23H38O/c1-3-24-23-16-10-20(11-17-23)7-6-19-8-14-22(15-9-19)21-12-4-18(2)5-13-21/h18-23H,3-5,8-17H2,1-2H3. The lowest BCUT2D eigenvalue weighted by Crippen LogP contribution is -2.25. The van der Waals surface area contributed by atoms with Crippen molar-refractivity contribution in [2.75, 3.05) is 6.61 Å². The Labute approximate surface area is 150 Å². The minimum Gasteiger partial charge on any atom is -0.379 e. The SMILES string of the molecule is CCOC1CCC(C#CC2CCC(C3CCC(C)CC3)CC2)CC1. The highest BCUT2D eigenvalue weighted by molar-refractivity contribution is 5.09. The van der Waals surface area contributed by atoms with Crippen LogP contribution in [0.15, 0.2) is 0 Å². The topological polar surface area (TPSA) is 9.23 Å². The van der Waals surface area contributed by atoms with Gasteiger partial charge in [0.1, 0.15) is 0 Å². The van der Waals surface area contributed by atoms with Crippen LogP contribution in [0, 0.1) is 41.4 Å². The molecule has 0 aromatic carbocycles. The van der Waals surface area contributed by atoms with Crippen molar-refractivity contribution in [1.82, 2.24) is 0 Å². The Balaban J connectivity index is 1.37. The van der Waals surface area contributed by atoms with E-state index in [2.05, 4.69) is 25.7 Å². The first kappa shape index (κ1) is 18.3. The summed E-state index contributed by atoms with van der Waals surface area (Å²) in [5.41, 5.74) is 0. The third-order valence-corrected chi connectivity index (χ3v) is 7.07. The zero-order valence-corrected chi connectivity index (χ0v) is 16.1. The molecule has 0 heterocycles. The van der Waals surface area contributed by atoms with Gasteiger partial charge in [0.25, 0.3) is 0 Å². The molecule has 0 aromatic heterocycles. The van der Waals surface area contributed by atoms with Crippen molar-refractivity contribution in [1.29, 1.82) is 0 Å². The monoisotopic (exact) mass is 330 g/mol. The van der Waals surface area contributed by atoms with Crippen LogP contribution in [0.5, 0.6) is 0 Å². The van der Waals surface area contributed by atoms with Gasteiger partial charge in [-0.25, -0.2) is 0 Å². The molecule has 3 saturated carbocycles. The summed E-state index contributed by atoms with van der Waals surface area (Å²) in [4.78, 5) is 0. The van der Waals surface area contributed by atoms with Crippen LogP contribution < -0.4 is 0 Å². The molecule has 0 aromatic rings. The highest BCUT2D eigenvalue weighted by Crippen LogP contribution is 2.41. The second kappa shape index (κ2) is 9.28. The fraction of sp³-hybridized carbons (Fsp3) is 0.913. The van der Waals surface area contributed by atoms with E-state index in [1.54, 1.807) is 0 Å². The van der Waals surface area contributed by atoms with Crippen LogP contribution in [-0.2, 0) is 4.74 Å². The average Bonchev–Trinajstić information content (AvgIpc) is 2.63. The van der Waals surface area contributed by atoms with E-state index in [1.807, 2.05) is 0 Å². The van der Waals surface area contributed by atoms with Crippen molar-refractivity contribution in [2.24, 2.45) is 29.6 Å². The minimum atomic E-state index is 0.515. The third-order valence-electron chi connectivity index (χ3n) is 7.07. The summed E-state index contributed by atoms with van der Waals surface area (Å²) in [6.45, 7) is 5.41. The van der Waals surface area contributed by atoms with Crippen molar-refractivity contribution in [3.05, 3.63) is 0 Å². The Kier molecular flexibility index (Phi) is 7.08. The molecule has 1 heteroatoms. The van der Waals surface area contributed by atoms with Crippen molar-refractivity contribution in [3.63, 3.8) is 0 Å². The van der Waals surface area contributed by atoms with Gasteiger partial charge in [-0.15, -0.1) is 0 Å². The maximum Gasteiger partial charge on any atom is 0.0575 e. The van der Waals surface area contributed by atoms with Crippen LogP contribution in [0.3, 0.4) is 0 Å². The summed E-state index contributed by atoms with van der Waals surface area (Å²) in [5.74, 6) is 11.7. The summed E-state index contributed by atoms with van der Waals surface area (Å²) in [6.07, 6.45) is 17.1. The molecule has 3 fully saturated rings. The molecule has 3 aliphatic rings. The van der Waals surface area contributed by atoms with E-state index < -0.39 is 0 Å². The fourth-order valence-electron chi connectivity index (χ4n) is 5.34. The number of rotatable bonds is 3. The Hall–Kier alpha value is -0.480. The first-order chi connectivity index (χ1) is 11.7. The molecule has 0 saturated heterocycles. The first-order valence-corrected chi connectivity index (χ1v) is 10.9. The summed E-state index contributed by atoms with van der Waals surface area (Å²) in [6, 6.07) is 0. The molecule has 24 heavy (non-hydrogen) atoms. The van der Waals surface area contributed by atoms with Crippen LogP contribution in [0.25, 0.3) is 0 Å². The molecule has 0 N–H and O–H groups in total. The second-order valence-electron chi connectivity index (χ2n) is 8.85. The van der Waals surface area contributed by atoms with Gasteiger partial charge in [0.2, 0.25) is 0 Å². The predicted octanol–water partition coefficient (Wildman–Crippen LogP) is 6.22. The molecule has 1 nitrogen and oxygen atoms in total. The Bertz CT molecular complexity index is 407. The smallest absolute Gasteiger partial charge is 0.0575 e. The van der Waals surface area contributed by atoms with Gasteiger partial charge in [0.05, 0.1) is 6.10 Å². The van der Waals surface area contributed by atoms with E-state index in [1.165, 1.54) is 77.0 Å². The summed E-state index contributed by atoms with van der Waals surface area (Å²) >= 11 is 0. The number of hydrogen-bond acceptors (Lipinski definition) is 1. The van der Waals surface area contributed by atoms with Gasteiger partial charge in [0.15, 0.2) is 0 Å². The maximum atomic E-state index is 5.75. The van der Waals surface area contributed by atoms with Gasteiger partial charge < -0.3 is 4.74 Å². The lowest BCUT2D eigenvalue weighted by atomic mass is 9.69. The Morgan fingerprint density at radius 3 is 1.62 bits per heavy atom. The van der Waals surface area contributed by atoms with Crippen LogP contribution >= 0.6 is 0 Å². The van der Waals surface area contributed by atoms with Crippen molar-refractivity contribution < 1.29 is 4.74 Å². The predicted molar refractivity (Wildman–Crippen MR) is 102 cm³/mol. The summed E-state index contributed by atoms with van der Waals surface area (Å²) < 4.78 is 5.75. The molecule has 0 unspecified atom stereocenters. The lowest BCUT2D eigenvalue weighted by Gasteiger charge is -2.36. The van der Waals surface area contributed by atoms with E-state index in [0.717, 1.165) is 24.4 Å². The average molecular weight is 331 g/mol. The minimum absolute atomic E-state index is 0.515. The highest BCUT2D eigenvalue weighted by atomic mass is 16.5. The van der Waals surface area contributed by atoms with Gasteiger partial charge in [-0.1, -0.05) is 31.6 Å². The van der Waals surface area contributed by atoms with Crippen molar-refractivity contribution >= 4 is 0 Å². The highest BCUT2D eigenvalue weighted by Gasteiger charge is 2.29. The van der Waals surface area contributed by atoms with Gasteiger partial charge in [-0.2, -0.15) is 0 Å². The second-order valence-corrected chi connectivity index (χ2v) is 8.85. The van der Waals surface area contributed by atoms with E-state index in [9.17, 15) is 0 Å². The van der Waals surface area contributed by atoms with E-state index in [4.69, 9.17) is 4.74 Å². The molecule has 3 rings (SSSR count). The molecule has 136 valence electrons. The molecular weight excluding hydrogens is 292 g/mol. The lowest BCUT2D eigenvalue weighted by molar-refractivity contribution is 0.0310. The van der Waals surface area contributed by atoms with Crippen molar-refractivity contribution in [2.45, 2.75) is 97.0 Å². The third kappa shape index (κ3) is 5.26. The quantitative estimate of drug-likeness (QED) is 0.558. The van der Waals surface area contributed by atoms with Crippen LogP contribution in [-0.4, -0.2) is 12.7 Å². The van der Waals surface area contributed by atoms with Crippen LogP contribution in [0.1, 0.15) is 90.9 Å². The maximum absolute atomic E-state index is 5.75. The van der Waals surface area contributed by atoms with E-state index in [-0.39, 0.29) is 0 Å². The summed E-state index contributed by atoms with van der Waals surface area (Å²) in [7, 11) is 0. The summed E-state index contributed by atoms with van der Waals surface area (Å²) in [5, 5.41) is 0. The molecule has 3 aliphatic carbocycles. The Morgan fingerprint density at radius 2 is 1.12 bits per heavy atom. The van der Waals surface area contributed by atoms with Crippen LogP contribution in [0.4, 0.5) is 0 Å². The molecule has 0 radical (unpaired) electrons. The molecular formula is C23H38O. The normalized spacial score (nSPS) is 40.6. The van der Waals surface area contributed by atoms with Gasteiger partial charge in [-0.05, 0) is 88.9 Å². The van der Waals surface area contributed by atoms with E-state index >= 15 is 0 Å². The fourth-order valence-corrected chi connectivity index (χ4v) is 5.34. The zero-order valence-electron chi connectivity index (χ0n) is 16.1. The van der Waals surface area contributed by atoms with Crippen molar-refractivity contribution in [3.8, 4) is 11.8 Å². The number of hydrogen-bond donors (Lipinski definition) is 0.